The molecule has 0 atom stereocenters. The third kappa shape index (κ3) is 5.54. The van der Waals surface area contributed by atoms with Crippen LogP contribution in [0.25, 0.3) is 0 Å². The van der Waals surface area contributed by atoms with Crippen molar-refractivity contribution in [2.75, 3.05) is 30.3 Å². The molecule has 3 rings (SSSR count). The largest absolute Gasteiger partial charge is 0.393 e. The Hall–Kier alpha value is -1.93. The minimum absolute atomic E-state index is 0.0367. The lowest BCUT2D eigenvalue weighted by Crippen LogP contribution is -2.43. The van der Waals surface area contributed by atoms with E-state index in [-0.39, 0.29) is 24.1 Å². The molecule has 156 valence electrons. The van der Waals surface area contributed by atoms with Crippen molar-refractivity contribution in [1.29, 1.82) is 0 Å². The zero-order valence-corrected chi connectivity index (χ0v) is 16.9. The molecule has 2 fully saturated rings. The van der Waals surface area contributed by atoms with Gasteiger partial charge in [0, 0.05) is 37.9 Å². The molecule has 8 nitrogen and oxygen atoms in total. The number of nitrogens with two attached hydrogens (primary N) is 1. The first-order chi connectivity index (χ1) is 13.6. The van der Waals surface area contributed by atoms with E-state index in [1.54, 1.807) is 6.20 Å². The van der Waals surface area contributed by atoms with Crippen LogP contribution in [0.1, 0.15) is 68.6 Å². The minimum atomic E-state index is -0.214. The third-order valence-electron chi connectivity index (χ3n) is 5.70. The lowest BCUT2D eigenvalue weighted by atomic mass is 9.93. The number of likely N-dealkylation sites (tertiary alicyclic amines) is 1. The van der Waals surface area contributed by atoms with Crippen LogP contribution >= 0.6 is 0 Å². The number of aromatic nitrogens is 2. The van der Waals surface area contributed by atoms with Crippen molar-refractivity contribution in [2.45, 2.75) is 76.5 Å². The van der Waals surface area contributed by atoms with Gasteiger partial charge in [0.15, 0.2) is 0 Å². The molecule has 0 aromatic carbocycles. The van der Waals surface area contributed by atoms with Gasteiger partial charge in [-0.25, -0.2) is 4.98 Å². The highest BCUT2D eigenvalue weighted by Crippen LogP contribution is 2.25. The molecule has 1 saturated heterocycles. The van der Waals surface area contributed by atoms with E-state index in [2.05, 4.69) is 27.5 Å². The molecule has 8 heteroatoms. The second-order valence-corrected chi connectivity index (χ2v) is 8.02. The Morgan fingerprint density at radius 1 is 1.25 bits per heavy atom. The number of piperidine rings is 1. The molecule has 2 aliphatic rings. The molecule has 0 unspecified atom stereocenters. The number of hydrogen-bond donors (Lipinski definition) is 4. The van der Waals surface area contributed by atoms with Gasteiger partial charge in [-0.1, -0.05) is 13.3 Å². The van der Waals surface area contributed by atoms with Crippen LogP contribution in [0, 0.1) is 0 Å². The zero-order chi connectivity index (χ0) is 19.9. The molecule has 1 aliphatic heterocycles. The number of nitrogens with one attached hydrogen (secondary N) is 2. The van der Waals surface area contributed by atoms with Crippen LogP contribution in [0.4, 0.5) is 11.8 Å². The number of nitrogens with zero attached hydrogens (tertiary/aromatic N) is 3. The zero-order valence-electron chi connectivity index (χ0n) is 16.9. The van der Waals surface area contributed by atoms with Gasteiger partial charge in [-0.2, -0.15) is 4.98 Å². The molecule has 1 aliphatic carbocycles. The van der Waals surface area contributed by atoms with Crippen LogP contribution in [0.2, 0.25) is 0 Å². The third-order valence-corrected chi connectivity index (χ3v) is 5.70. The molecule has 1 aromatic rings. The summed E-state index contributed by atoms with van der Waals surface area (Å²) < 4.78 is 0. The fraction of sp³-hybridized carbons (Fsp3) is 0.750. The molecule has 0 bridgehead atoms. The van der Waals surface area contributed by atoms with E-state index in [1.807, 2.05) is 4.90 Å². The first-order valence-corrected chi connectivity index (χ1v) is 10.7. The monoisotopic (exact) mass is 390 g/mol. The van der Waals surface area contributed by atoms with Crippen LogP contribution in [0.15, 0.2) is 6.20 Å². The number of rotatable bonds is 7. The minimum Gasteiger partial charge on any atom is -0.393 e. The highest BCUT2D eigenvalue weighted by Gasteiger charge is 2.27. The summed E-state index contributed by atoms with van der Waals surface area (Å²) in [5.74, 6) is 1.10. The normalized spacial score (nSPS) is 23.5. The maximum Gasteiger partial charge on any atom is 0.259 e. The predicted molar refractivity (Wildman–Crippen MR) is 110 cm³/mol. The molecule has 0 radical (unpaired) electrons. The van der Waals surface area contributed by atoms with E-state index in [1.165, 1.54) is 0 Å². The van der Waals surface area contributed by atoms with E-state index >= 15 is 0 Å². The maximum absolute atomic E-state index is 13.1. The van der Waals surface area contributed by atoms with Gasteiger partial charge >= 0.3 is 0 Å². The van der Waals surface area contributed by atoms with E-state index < -0.39 is 0 Å². The van der Waals surface area contributed by atoms with Crippen molar-refractivity contribution in [3.05, 3.63) is 11.8 Å². The summed E-state index contributed by atoms with van der Waals surface area (Å²) in [7, 11) is 0. The summed E-state index contributed by atoms with van der Waals surface area (Å²) in [4.78, 5) is 23.9. The standard InChI is InChI=1S/C20H34N6O2/c1-2-3-10-22-20-23-13-17(19(28)26-11-8-14(21)9-12-26)18(25-20)24-15-4-6-16(27)7-5-15/h13-16,27H,2-12,21H2,1H3,(H2,22,23,24,25). The number of carbonyl (C=O) groups is 1. The fourth-order valence-electron chi connectivity index (χ4n) is 3.80. The molecule has 0 spiro atoms. The molecule has 1 saturated carbocycles. The lowest BCUT2D eigenvalue weighted by Gasteiger charge is -2.31. The molecule has 1 amide bonds. The van der Waals surface area contributed by atoms with E-state index in [0.717, 1.165) is 57.9 Å². The Bertz CT molecular complexity index is 640. The highest BCUT2D eigenvalue weighted by molar-refractivity contribution is 5.98. The SMILES string of the molecule is CCCCNc1ncc(C(=O)N2CCC(N)CC2)c(NC2CCC(O)CC2)n1. The second-order valence-electron chi connectivity index (χ2n) is 8.02. The van der Waals surface area contributed by atoms with Gasteiger partial charge in [-0.3, -0.25) is 4.79 Å². The van der Waals surface area contributed by atoms with Crippen molar-refractivity contribution in [2.24, 2.45) is 5.73 Å². The van der Waals surface area contributed by atoms with Gasteiger partial charge in [0.05, 0.1) is 6.10 Å². The summed E-state index contributed by atoms with van der Waals surface area (Å²) in [5.41, 5.74) is 6.49. The number of carbonyl (C=O) groups excluding carboxylic acids is 1. The number of aliphatic hydroxyl groups excluding tert-OH is 1. The van der Waals surface area contributed by atoms with Crippen molar-refractivity contribution in [3.8, 4) is 0 Å². The van der Waals surface area contributed by atoms with Gasteiger partial charge in [0.25, 0.3) is 5.91 Å². The van der Waals surface area contributed by atoms with E-state index in [0.29, 0.717) is 30.4 Å². The predicted octanol–water partition coefficient (Wildman–Crippen LogP) is 1.97. The Morgan fingerprint density at radius 2 is 1.96 bits per heavy atom. The average Bonchev–Trinajstić information content (AvgIpc) is 2.70. The Kier molecular flexibility index (Phi) is 7.44. The number of amides is 1. The summed E-state index contributed by atoms with van der Waals surface area (Å²) in [5, 5.41) is 16.5. The first kappa shape index (κ1) is 20.8. The Balaban J connectivity index is 1.75. The van der Waals surface area contributed by atoms with Crippen LogP contribution in [-0.4, -0.2) is 63.7 Å². The first-order valence-electron chi connectivity index (χ1n) is 10.7. The second kappa shape index (κ2) is 10.0. The number of anilines is 2. The van der Waals surface area contributed by atoms with Gasteiger partial charge in [0.1, 0.15) is 11.4 Å². The van der Waals surface area contributed by atoms with E-state index in [4.69, 9.17) is 5.73 Å². The summed E-state index contributed by atoms with van der Waals surface area (Å²) >= 11 is 0. The van der Waals surface area contributed by atoms with Crippen LogP contribution < -0.4 is 16.4 Å². The highest BCUT2D eigenvalue weighted by atomic mass is 16.3. The van der Waals surface area contributed by atoms with Gasteiger partial charge in [-0.15, -0.1) is 0 Å². The van der Waals surface area contributed by atoms with Crippen molar-refractivity contribution in [3.63, 3.8) is 0 Å². The van der Waals surface area contributed by atoms with Crippen LogP contribution in [0.5, 0.6) is 0 Å². The smallest absolute Gasteiger partial charge is 0.259 e. The molecule has 5 N–H and O–H groups in total. The summed E-state index contributed by atoms with van der Waals surface area (Å²) in [6, 6.07) is 0.389. The number of unbranched alkanes of at least 4 members (excludes halogenated alkanes) is 1. The van der Waals surface area contributed by atoms with Gasteiger partial charge in [0.2, 0.25) is 5.95 Å². The van der Waals surface area contributed by atoms with Gasteiger partial charge in [-0.05, 0) is 44.9 Å². The fourth-order valence-corrected chi connectivity index (χ4v) is 3.80. The molecule has 28 heavy (non-hydrogen) atoms. The molecule has 2 heterocycles. The quantitative estimate of drug-likeness (QED) is 0.526. The number of aliphatic hydroxyl groups is 1. The van der Waals surface area contributed by atoms with Crippen LogP contribution in [0.3, 0.4) is 0 Å². The molecular formula is C20H34N6O2. The molecular weight excluding hydrogens is 356 g/mol. The van der Waals surface area contributed by atoms with Gasteiger partial charge < -0.3 is 26.4 Å². The number of hydrogen-bond acceptors (Lipinski definition) is 7. The topological polar surface area (TPSA) is 116 Å². The van der Waals surface area contributed by atoms with Crippen LogP contribution in [-0.2, 0) is 0 Å². The van der Waals surface area contributed by atoms with Crippen molar-refractivity contribution in [1.82, 2.24) is 14.9 Å². The molecule has 1 aromatic heterocycles. The van der Waals surface area contributed by atoms with E-state index in [9.17, 15) is 9.90 Å². The Morgan fingerprint density at radius 3 is 2.64 bits per heavy atom. The maximum atomic E-state index is 13.1. The summed E-state index contributed by atoms with van der Waals surface area (Å²) in [6.45, 7) is 4.29. The lowest BCUT2D eigenvalue weighted by molar-refractivity contribution is 0.0714. The van der Waals surface area contributed by atoms with Crippen molar-refractivity contribution < 1.29 is 9.90 Å². The summed E-state index contributed by atoms with van der Waals surface area (Å²) in [6.07, 6.45) is 8.50. The Labute approximate surface area is 167 Å². The average molecular weight is 391 g/mol. The van der Waals surface area contributed by atoms with Crippen molar-refractivity contribution >= 4 is 17.7 Å².